The third-order valence-electron chi connectivity index (χ3n) is 5.99. The molecule has 4 nitrogen and oxygen atoms in total. The first kappa shape index (κ1) is 19.2. The van der Waals surface area contributed by atoms with Crippen LogP contribution in [0.3, 0.4) is 0 Å². The molecule has 2 heterocycles. The van der Waals surface area contributed by atoms with Crippen molar-refractivity contribution in [1.29, 1.82) is 0 Å². The molecular weight excluding hydrogens is 379 g/mol. The molecule has 0 N–H and O–H groups in total. The van der Waals surface area contributed by atoms with Crippen molar-refractivity contribution in [3.8, 4) is 5.75 Å². The fourth-order valence-corrected chi connectivity index (χ4v) is 4.96. The van der Waals surface area contributed by atoms with Gasteiger partial charge in [0.25, 0.3) is 0 Å². The molecule has 4 rings (SSSR count). The summed E-state index contributed by atoms with van der Waals surface area (Å²) in [6.45, 7) is 4.84. The van der Waals surface area contributed by atoms with Crippen molar-refractivity contribution < 1.29 is 13.9 Å². The second kappa shape index (κ2) is 7.72. The van der Waals surface area contributed by atoms with Gasteiger partial charge in [-0.2, -0.15) is 0 Å². The monoisotopic (exact) mass is 402 g/mol. The first-order valence-electron chi connectivity index (χ1n) is 9.53. The van der Waals surface area contributed by atoms with E-state index in [9.17, 15) is 9.18 Å². The number of hydrogen-bond donors (Lipinski definition) is 0. The first-order valence-corrected chi connectivity index (χ1v) is 9.91. The second-order valence-electron chi connectivity index (χ2n) is 7.75. The van der Waals surface area contributed by atoms with Crippen LogP contribution in [-0.4, -0.2) is 42.5 Å². The Bertz CT molecular complexity index is 891. The number of carbonyl (C=O) groups is 1. The van der Waals surface area contributed by atoms with Crippen LogP contribution in [0, 0.1) is 17.7 Å². The van der Waals surface area contributed by atoms with Crippen molar-refractivity contribution in [1.82, 2.24) is 9.80 Å². The van der Waals surface area contributed by atoms with Crippen molar-refractivity contribution in [2.75, 3.05) is 26.7 Å². The first-order chi connectivity index (χ1) is 13.5. The molecule has 28 heavy (non-hydrogen) atoms. The van der Waals surface area contributed by atoms with E-state index in [4.69, 9.17) is 16.3 Å². The van der Waals surface area contributed by atoms with E-state index in [-0.39, 0.29) is 17.8 Å². The van der Waals surface area contributed by atoms with E-state index >= 15 is 0 Å². The molecule has 2 fully saturated rings. The minimum Gasteiger partial charge on any atom is -0.497 e. The van der Waals surface area contributed by atoms with Gasteiger partial charge in [0.1, 0.15) is 11.6 Å². The van der Waals surface area contributed by atoms with E-state index in [1.54, 1.807) is 26.2 Å². The summed E-state index contributed by atoms with van der Waals surface area (Å²) in [5, 5.41) is 0.698. The summed E-state index contributed by atoms with van der Waals surface area (Å²) in [6, 6.07) is 12.3. The third kappa shape index (κ3) is 3.61. The number of fused-ring (bicyclic) bond motifs is 1. The Balaban J connectivity index is 1.54. The van der Waals surface area contributed by atoms with Crippen LogP contribution in [0.2, 0.25) is 5.02 Å². The maximum atomic E-state index is 13.8. The normalized spacial score (nSPS) is 24.4. The van der Waals surface area contributed by atoms with Crippen LogP contribution >= 0.6 is 11.6 Å². The van der Waals surface area contributed by atoms with Gasteiger partial charge >= 0.3 is 0 Å². The Hall–Kier alpha value is -2.11. The quantitative estimate of drug-likeness (QED) is 0.770. The minimum atomic E-state index is -0.260. The number of methoxy groups -OCH3 is 1. The molecule has 148 valence electrons. The molecule has 0 aromatic heterocycles. The molecule has 3 atom stereocenters. The van der Waals surface area contributed by atoms with Gasteiger partial charge in [-0.25, -0.2) is 4.39 Å². The lowest BCUT2D eigenvalue weighted by Gasteiger charge is -2.29. The Labute approximate surface area is 169 Å². The Morgan fingerprint density at radius 1 is 1.21 bits per heavy atom. The van der Waals surface area contributed by atoms with Gasteiger partial charge < -0.3 is 9.64 Å². The summed E-state index contributed by atoms with van der Waals surface area (Å²) in [5.74, 6) is 1.21. The maximum absolute atomic E-state index is 13.8. The lowest BCUT2D eigenvalue weighted by molar-refractivity contribution is -0.130. The topological polar surface area (TPSA) is 32.8 Å². The van der Waals surface area contributed by atoms with Crippen molar-refractivity contribution >= 4 is 17.5 Å². The summed E-state index contributed by atoms with van der Waals surface area (Å²) < 4.78 is 19.0. The van der Waals surface area contributed by atoms with E-state index in [0.717, 1.165) is 36.5 Å². The van der Waals surface area contributed by atoms with E-state index < -0.39 is 0 Å². The molecule has 0 saturated carbocycles. The lowest BCUT2D eigenvalue weighted by Crippen LogP contribution is -2.34. The summed E-state index contributed by atoms with van der Waals surface area (Å²) in [7, 11) is 1.63. The maximum Gasteiger partial charge on any atom is 0.219 e. The van der Waals surface area contributed by atoms with Gasteiger partial charge in [0, 0.05) is 44.0 Å². The van der Waals surface area contributed by atoms with Gasteiger partial charge in [-0.3, -0.25) is 9.69 Å². The highest BCUT2D eigenvalue weighted by Crippen LogP contribution is 2.45. The van der Waals surface area contributed by atoms with Crippen LogP contribution in [0.5, 0.6) is 5.75 Å². The van der Waals surface area contributed by atoms with Gasteiger partial charge in [-0.15, -0.1) is 0 Å². The molecule has 1 amide bonds. The number of nitrogens with zero attached hydrogens (tertiary/aromatic N) is 2. The summed E-state index contributed by atoms with van der Waals surface area (Å²) in [5.41, 5.74) is 1.94. The van der Waals surface area contributed by atoms with E-state index in [2.05, 4.69) is 4.90 Å². The highest BCUT2D eigenvalue weighted by molar-refractivity contribution is 6.31. The highest BCUT2D eigenvalue weighted by atomic mass is 35.5. The summed E-state index contributed by atoms with van der Waals surface area (Å²) in [6.07, 6.45) is 0. The fourth-order valence-electron chi connectivity index (χ4n) is 4.73. The second-order valence-corrected chi connectivity index (χ2v) is 8.15. The van der Waals surface area contributed by atoms with Crippen molar-refractivity contribution in [3.05, 3.63) is 64.4 Å². The van der Waals surface area contributed by atoms with Gasteiger partial charge in [0.2, 0.25) is 5.91 Å². The van der Waals surface area contributed by atoms with Crippen LogP contribution in [0.15, 0.2) is 42.5 Å². The average Bonchev–Trinajstić information content (AvgIpc) is 3.20. The Morgan fingerprint density at radius 3 is 2.71 bits per heavy atom. The molecular formula is C22H24ClFN2O2. The van der Waals surface area contributed by atoms with Gasteiger partial charge in [0.05, 0.1) is 13.2 Å². The molecule has 2 aromatic rings. The standard InChI is InChI=1S/C22H24ClFN2O2/c1-14(27)26-12-17-11-25(10-16-6-7-19(28-2)9-21(16)23)13-20(17)22(26)15-4-3-5-18(24)8-15/h3-9,17,20,22H,10-13H2,1-2H3/t17-,20-,22-/m1/s1. The average molecular weight is 403 g/mol. The van der Waals surface area contributed by atoms with Gasteiger partial charge in [-0.1, -0.05) is 29.8 Å². The van der Waals surface area contributed by atoms with Crippen molar-refractivity contribution in [2.45, 2.75) is 19.5 Å². The number of ether oxygens (including phenoxy) is 1. The van der Waals surface area contributed by atoms with Crippen LogP contribution in [-0.2, 0) is 11.3 Å². The van der Waals surface area contributed by atoms with E-state index in [0.29, 0.717) is 23.4 Å². The third-order valence-corrected chi connectivity index (χ3v) is 6.34. The number of likely N-dealkylation sites (tertiary alicyclic amines) is 2. The number of carbonyl (C=O) groups excluding carboxylic acids is 1. The lowest BCUT2D eigenvalue weighted by atomic mass is 9.89. The molecule has 0 bridgehead atoms. The number of hydrogen-bond acceptors (Lipinski definition) is 3. The molecule has 6 heteroatoms. The Morgan fingerprint density at radius 2 is 2.04 bits per heavy atom. The van der Waals surface area contributed by atoms with Gasteiger partial charge in [0.15, 0.2) is 0 Å². The number of rotatable bonds is 4. The minimum absolute atomic E-state index is 0.0495. The number of benzene rings is 2. The fraction of sp³-hybridized carbons (Fsp3) is 0.409. The molecule has 2 aliphatic heterocycles. The SMILES string of the molecule is COc1ccc(CN2C[C@@H]3CN(C(C)=O)[C@H](c4cccc(F)c4)[C@@H]3C2)c(Cl)c1. The molecule has 0 aliphatic carbocycles. The van der Waals surface area contributed by atoms with Crippen molar-refractivity contribution in [3.63, 3.8) is 0 Å². The predicted molar refractivity (Wildman–Crippen MR) is 107 cm³/mol. The summed E-state index contributed by atoms with van der Waals surface area (Å²) >= 11 is 6.41. The van der Waals surface area contributed by atoms with Crippen LogP contribution in [0.4, 0.5) is 4.39 Å². The zero-order valence-electron chi connectivity index (χ0n) is 16.1. The molecule has 0 spiro atoms. The molecule has 2 aliphatic rings. The van der Waals surface area contributed by atoms with Crippen LogP contribution in [0.25, 0.3) is 0 Å². The number of amides is 1. The van der Waals surface area contributed by atoms with Crippen molar-refractivity contribution in [2.24, 2.45) is 11.8 Å². The van der Waals surface area contributed by atoms with E-state index in [1.165, 1.54) is 6.07 Å². The zero-order chi connectivity index (χ0) is 19.8. The molecule has 0 unspecified atom stereocenters. The smallest absolute Gasteiger partial charge is 0.219 e. The van der Waals surface area contributed by atoms with Crippen LogP contribution < -0.4 is 4.74 Å². The largest absolute Gasteiger partial charge is 0.497 e. The predicted octanol–water partition coefficient (Wildman–Crippen LogP) is 4.14. The number of halogens is 2. The zero-order valence-corrected chi connectivity index (χ0v) is 16.8. The highest BCUT2D eigenvalue weighted by Gasteiger charge is 2.48. The van der Waals surface area contributed by atoms with Gasteiger partial charge in [-0.05, 0) is 41.3 Å². The molecule has 2 saturated heterocycles. The Kier molecular flexibility index (Phi) is 5.30. The molecule has 2 aromatic carbocycles. The molecule has 0 radical (unpaired) electrons. The van der Waals surface area contributed by atoms with E-state index in [1.807, 2.05) is 29.2 Å². The van der Waals surface area contributed by atoms with Crippen LogP contribution in [0.1, 0.15) is 24.1 Å². The summed E-state index contributed by atoms with van der Waals surface area (Å²) in [4.78, 5) is 16.5.